The summed E-state index contributed by atoms with van der Waals surface area (Å²) in [5.41, 5.74) is 6.99. The fourth-order valence-corrected chi connectivity index (χ4v) is 4.08. The van der Waals surface area contributed by atoms with Crippen molar-refractivity contribution in [3.05, 3.63) is 35.9 Å². The molecular formula is C21H34N4O. The average Bonchev–Trinajstić information content (AvgIpc) is 3.11. The molecule has 1 aromatic carbocycles. The lowest BCUT2D eigenvalue weighted by molar-refractivity contribution is -0.126. The van der Waals surface area contributed by atoms with Gasteiger partial charge in [0.05, 0.1) is 5.54 Å². The van der Waals surface area contributed by atoms with E-state index in [9.17, 15) is 4.79 Å². The monoisotopic (exact) mass is 358 g/mol. The second-order valence-corrected chi connectivity index (χ2v) is 7.93. The maximum Gasteiger partial charge on any atom is 0.240 e. The molecule has 0 spiro atoms. The van der Waals surface area contributed by atoms with Gasteiger partial charge < -0.3 is 16.0 Å². The molecular weight excluding hydrogens is 324 g/mol. The Hall–Kier alpha value is -1.43. The lowest BCUT2D eigenvalue weighted by atomic mass is 9.98. The van der Waals surface area contributed by atoms with E-state index in [0.717, 1.165) is 84.3 Å². The standard InChI is InChI=1S/C21H34N4O/c22-21(10-4-5-11-21)20(26)23-12-6-7-13-24-14-16-25(17-15-24)18-19-8-2-1-3-9-19/h1-3,8-9H,4-7,10-18,22H2,(H,23,26). The average molecular weight is 359 g/mol. The molecule has 3 rings (SSSR count). The molecule has 0 radical (unpaired) electrons. The van der Waals surface area contributed by atoms with E-state index in [1.54, 1.807) is 0 Å². The summed E-state index contributed by atoms with van der Waals surface area (Å²) in [5, 5.41) is 3.05. The van der Waals surface area contributed by atoms with Crippen LogP contribution >= 0.6 is 0 Å². The minimum Gasteiger partial charge on any atom is -0.355 e. The van der Waals surface area contributed by atoms with Gasteiger partial charge in [0.1, 0.15) is 0 Å². The molecule has 26 heavy (non-hydrogen) atoms. The van der Waals surface area contributed by atoms with Crippen LogP contribution < -0.4 is 11.1 Å². The highest BCUT2D eigenvalue weighted by Gasteiger charge is 2.36. The maximum absolute atomic E-state index is 12.2. The second kappa shape index (κ2) is 9.49. The highest BCUT2D eigenvalue weighted by atomic mass is 16.2. The van der Waals surface area contributed by atoms with E-state index in [1.807, 2.05) is 0 Å². The van der Waals surface area contributed by atoms with Gasteiger partial charge in [-0.05, 0) is 37.8 Å². The summed E-state index contributed by atoms with van der Waals surface area (Å²) in [6, 6.07) is 10.7. The van der Waals surface area contributed by atoms with Crippen LogP contribution in [0.5, 0.6) is 0 Å². The van der Waals surface area contributed by atoms with E-state index in [0.29, 0.717) is 0 Å². The Morgan fingerprint density at radius 1 is 1.00 bits per heavy atom. The fourth-order valence-electron chi connectivity index (χ4n) is 4.08. The molecule has 1 heterocycles. The molecule has 2 fully saturated rings. The smallest absolute Gasteiger partial charge is 0.240 e. The van der Waals surface area contributed by atoms with Crippen LogP contribution in [0, 0.1) is 0 Å². The van der Waals surface area contributed by atoms with Crippen LogP contribution in [0.4, 0.5) is 0 Å². The van der Waals surface area contributed by atoms with E-state index in [2.05, 4.69) is 45.4 Å². The topological polar surface area (TPSA) is 61.6 Å². The van der Waals surface area contributed by atoms with Gasteiger partial charge >= 0.3 is 0 Å². The molecule has 0 aromatic heterocycles. The van der Waals surface area contributed by atoms with Crippen LogP contribution in [0.3, 0.4) is 0 Å². The van der Waals surface area contributed by atoms with Crippen molar-refractivity contribution in [2.75, 3.05) is 39.3 Å². The van der Waals surface area contributed by atoms with Crippen molar-refractivity contribution < 1.29 is 4.79 Å². The SMILES string of the molecule is NC1(C(=O)NCCCCN2CCN(Cc3ccccc3)CC2)CCCC1. The van der Waals surface area contributed by atoms with Crippen LogP contribution in [0.15, 0.2) is 30.3 Å². The number of carbonyl (C=O) groups excluding carboxylic acids is 1. The summed E-state index contributed by atoms with van der Waals surface area (Å²) < 4.78 is 0. The zero-order chi connectivity index (χ0) is 18.2. The number of benzene rings is 1. The highest BCUT2D eigenvalue weighted by Crippen LogP contribution is 2.27. The Bertz CT molecular complexity index is 548. The first kappa shape index (κ1) is 19.3. The molecule has 1 amide bonds. The van der Waals surface area contributed by atoms with Gasteiger partial charge in [0.2, 0.25) is 5.91 Å². The number of hydrogen-bond donors (Lipinski definition) is 2. The van der Waals surface area contributed by atoms with E-state index in [1.165, 1.54) is 5.56 Å². The largest absolute Gasteiger partial charge is 0.355 e. The maximum atomic E-state index is 12.2. The fraction of sp³-hybridized carbons (Fsp3) is 0.667. The van der Waals surface area contributed by atoms with Gasteiger partial charge in [0.25, 0.3) is 0 Å². The van der Waals surface area contributed by atoms with Gasteiger partial charge in [-0.3, -0.25) is 9.69 Å². The molecule has 0 bridgehead atoms. The molecule has 1 saturated carbocycles. The number of hydrogen-bond acceptors (Lipinski definition) is 4. The van der Waals surface area contributed by atoms with Crippen LogP contribution in [0.25, 0.3) is 0 Å². The molecule has 5 nitrogen and oxygen atoms in total. The van der Waals surface area contributed by atoms with Crippen molar-refractivity contribution in [1.29, 1.82) is 0 Å². The molecule has 0 atom stereocenters. The number of piperazine rings is 1. The van der Waals surface area contributed by atoms with Crippen molar-refractivity contribution >= 4 is 5.91 Å². The van der Waals surface area contributed by atoms with Crippen molar-refractivity contribution in [3.63, 3.8) is 0 Å². The number of nitrogens with zero attached hydrogens (tertiary/aromatic N) is 2. The van der Waals surface area contributed by atoms with Crippen molar-refractivity contribution in [2.24, 2.45) is 5.73 Å². The summed E-state index contributed by atoms with van der Waals surface area (Å²) in [5.74, 6) is 0.0597. The van der Waals surface area contributed by atoms with Crippen molar-refractivity contribution in [1.82, 2.24) is 15.1 Å². The summed E-state index contributed by atoms with van der Waals surface area (Å²) >= 11 is 0. The second-order valence-electron chi connectivity index (χ2n) is 7.93. The number of nitrogens with two attached hydrogens (primary N) is 1. The first-order valence-electron chi connectivity index (χ1n) is 10.2. The van der Waals surface area contributed by atoms with E-state index >= 15 is 0 Å². The van der Waals surface area contributed by atoms with Crippen molar-refractivity contribution in [3.8, 4) is 0 Å². The van der Waals surface area contributed by atoms with Gasteiger partial charge in [0, 0.05) is 39.3 Å². The summed E-state index contributed by atoms with van der Waals surface area (Å²) in [6.07, 6.45) is 6.01. The number of carbonyl (C=O) groups is 1. The van der Waals surface area contributed by atoms with Crippen LogP contribution in [0.1, 0.15) is 44.1 Å². The zero-order valence-corrected chi connectivity index (χ0v) is 16.0. The highest BCUT2D eigenvalue weighted by molar-refractivity contribution is 5.86. The molecule has 2 aliphatic rings. The third-order valence-electron chi connectivity index (χ3n) is 5.85. The third kappa shape index (κ3) is 5.53. The summed E-state index contributed by atoms with van der Waals surface area (Å²) in [4.78, 5) is 17.2. The Labute approximate surface area is 157 Å². The van der Waals surface area contributed by atoms with Crippen LogP contribution in [0.2, 0.25) is 0 Å². The predicted molar refractivity (Wildman–Crippen MR) is 106 cm³/mol. The normalized spacial score (nSPS) is 21.0. The minimum atomic E-state index is -0.588. The molecule has 5 heteroatoms. The van der Waals surface area contributed by atoms with Gasteiger partial charge in [-0.15, -0.1) is 0 Å². The molecule has 1 aliphatic carbocycles. The minimum absolute atomic E-state index is 0.0597. The molecule has 1 aromatic rings. The van der Waals surface area contributed by atoms with E-state index in [-0.39, 0.29) is 5.91 Å². The molecule has 1 aliphatic heterocycles. The lowest BCUT2D eigenvalue weighted by Gasteiger charge is -2.34. The Morgan fingerprint density at radius 3 is 2.35 bits per heavy atom. The molecule has 0 unspecified atom stereocenters. The number of nitrogens with one attached hydrogen (secondary N) is 1. The van der Waals surface area contributed by atoms with E-state index in [4.69, 9.17) is 5.73 Å². The molecule has 1 saturated heterocycles. The van der Waals surface area contributed by atoms with Crippen LogP contribution in [-0.2, 0) is 11.3 Å². The lowest BCUT2D eigenvalue weighted by Crippen LogP contribution is -2.52. The Balaban J connectivity index is 1.24. The summed E-state index contributed by atoms with van der Waals surface area (Å²) in [6.45, 7) is 7.51. The van der Waals surface area contributed by atoms with Crippen molar-refractivity contribution in [2.45, 2.75) is 50.6 Å². The summed E-state index contributed by atoms with van der Waals surface area (Å²) in [7, 11) is 0. The Kier molecular flexibility index (Phi) is 7.06. The van der Waals surface area contributed by atoms with Gasteiger partial charge in [-0.1, -0.05) is 43.2 Å². The van der Waals surface area contributed by atoms with E-state index < -0.39 is 5.54 Å². The van der Waals surface area contributed by atoms with Gasteiger partial charge in [0.15, 0.2) is 0 Å². The number of unbranched alkanes of at least 4 members (excludes halogenated alkanes) is 1. The molecule has 144 valence electrons. The van der Waals surface area contributed by atoms with Gasteiger partial charge in [-0.2, -0.15) is 0 Å². The third-order valence-corrected chi connectivity index (χ3v) is 5.85. The van der Waals surface area contributed by atoms with Crippen LogP contribution in [-0.4, -0.2) is 60.5 Å². The number of rotatable bonds is 8. The zero-order valence-electron chi connectivity index (χ0n) is 16.0. The molecule has 3 N–H and O–H groups in total. The van der Waals surface area contributed by atoms with Gasteiger partial charge in [-0.25, -0.2) is 0 Å². The predicted octanol–water partition coefficient (Wildman–Crippen LogP) is 1.97. The number of amides is 1. The first-order chi connectivity index (χ1) is 12.7. The Morgan fingerprint density at radius 2 is 1.65 bits per heavy atom. The quantitative estimate of drug-likeness (QED) is 0.698. The first-order valence-corrected chi connectivity index (χ1v) is 10.2.